The number of hydrogen-bond acceptors (Lipinski definition) is 2. The van der Waals surface area contributed by atoms with Crippen molar-refractivity contribution in [1.29, 1.82) is 0 Å². The topological polar surface area (TPSA) is 58.2 Å². The molecule has 2 rings (SSSR count). The molecular formula is C18H19ClN2O2. The Hall–Kier alpha value is -2.33. The Labute approximate surface area is 140 Å². The third-order valence-electron chi connectivity index (χ3n) is 3.47. The van der Waals surface area contributed by atoms with Crippen LogP contribution in [0.2, 0.25) is 5.02 Å². The first-order chi connectivity index (χ1) is 11.0. The Morgan fingerprint density at radius 1 is 1.09 bits per heavy atom. The average molecular weight is 331 g/mol. The molecule has 4 nitrogen and oxygen atoms in total. The Balaban J connectivity index is 1.86. The number of hydrogen-bond donors (Lipinski definition) is 2. The lowest BCUT2D eigenvalue weighted by Crippen LogP contribution is -2.38. The van der Waals surface area contributed by atoms with E-state index in [0.717, 1.165) is 11.1 Å². The predicted octanol–water partition coefficient (Wildman–Crippen LogP) is 3.26. The molecule has 0 radical (unpaired) electrons. The lowest BCUT2D eigenvalue weighted by molar-refractivity contribution is -0.120. The molecule has 23 heavy (non-hydrogen) atoms. The molecule has 5 heteroatoms. The van der Waals surface area contributed by atoms with E-state index in [1.807, 2.05) is 44.2 Å². The van der Waals surface area contributed by atoms with Gasteiger partial charge in [0.05, 0.1) is 12.6 Å². The molecule has 2 aromatic rings. The molecule has 0 fully saturated rings. The molecule has 0 aliphatic rings. The van der Waals surface area contributed by atoms with E-state index < -0.39 is 0 Å². The number of nitrogens with one attached hydrogen (secondary N) is 2. The molecule has 0 saturated carbocycles. The van der Waals surface area contributed by atoms with Gasteiger partial charge in [0.25, 0.3) is 5.91 Å². The molecule has 120 valence electrons. The van der Waals surface area contributed by atoms with E-state index in [2.05, 4.69) is 10.6 Å². The maximum Gasteiger partial charge on any atom is 0.251 e. The van der Waals surface area contributed by atoms with E-state index in [1.54, 1.807) is 18.2 Å². The van der Waals surface area contributed by atoms with Gasteiger partial charge < -0.3 is 10.6 Å². The number of amides is 2. The summed E-state index contributed by atoms with van der Waals surface area (Å²) in [4.78, 5) is 23.9. The van der Waals surface area contributed by atoms with Crippen molar-refractivity contribution in [3.05, 3.63) is 70.2 Å². The highest BCUT2D eigenvalue weighted by atomic mass is 35.5. The minimum Gasteiger partial charge on any atom is -0.348 e. The molecule has 2 N–H and O–H groups in total. The summed E-state index contributed by atoms with van der Waals surface area (Å²) in [7, 11) is 0. The van der Waals surface area contributed by atoms with Crippen molar-refractivity contribution in [3.8, 4) is 0 Å². The minimum absolute atomic E-state index is 0.0818. The molecule has 2 aromatic carbocycles. The molecular weight excluding hydrogens is 312 g/mol. The van der Waals surface area contributed by atoms with Crippen LogP contribution < -0.4 is 10.6 Å². The Kier molecular flexibility index (Phi) is 5.77. The fourth-order valence-electron chi connectivity index (χ4n) is 2.16. The van der Waals surface area contributed by atoms with Gasteiger partial charge >= 0.3 is 0 Å². The van der Waals surface area contributed by atoms with Crippen molar-refractivity contribution in [2.45, 2.75) is 19.9 Å². The van der Waals surface area contributed by atoms with Gasteiger partial charge in [-0.1, -0.05) is 47.5 Å². The van der Waals surface area contributed by atoms with Gasteiger partial charge in [0.15, 0.2) is 0 Å². The lowest BCUT2D eigenvalue weighted by Gasteiger charge is -2.16. The third kappa shape index (κ3) is 4.83. The second-order valence-electron chi connectivity index (χ2n) is 5.36. The first-order valence-corrected chi connectivity index (χ1v) is 7.74. The summed E-state index contributed by atoms with van der Waals surface area (Å²) in [6, 6.07) is 14.3. The Bertz CT molecular complexity index is 698. The van der Waals surface area contributed by atoms with E-state index >= 15 is 0 Å². The van der Waals surface area contributed by atoms with E-state index in [0.29, 0.717) is 10.6 Å². The lowest BCUT2D eigenvalue weighted by atomic mass is 10.1. The zero-order valence-electron chi connectivity index (χ0n) is 13.1. The summed E-state index contributed by atoms with van der Waals surface area (Å²) in [5.41, 5.74) is 2.45. The standard InChI is InChI=1S/C18H19ClN2O2/c1-12-7-9-14(10-8-12)18(23)20-11-17(22)21-13(2)15-5-3-4-6-16(15)19/h3-10,13H,11H2,1-2H3,(H,20,23)(H,21,22). The second kappa shape index (κ2) is 7.79. The van der Waals surface area contributed by atoms with Crippen LogP contribution in [0, 0.1) is 6.92 Å². The van der Waals surface area contributed by atoms with Crippen LogP contribution >= 0.6 is 11.6 Å². The quantitative estimate of drug-likeness (QED) is 0.884. The van der Waals surface area contributed by atoms with Crippen LogP contribution in [0.25, 0.3) is 0 Å². The predicted molar refractivity (Wildman–Crippen MR) is 91.5 cm³/mol. The number of benzene rings is 2. The van der Waals surface area contributed by atoms with Gasteiger partial charge in [-0.15, -0.1) is 0 Å². The third-order valence-corrected chi connectivity index (χ3v) is 3.82. The molecule has 0 heterocycles. The van der Waals surface area contributed by atoms with Crippen LogP contribution in [0.1, 0.15) is 34.5 Å². The summed E-state index contributed by atoms with van der Waals surface area (Å²) in [5, 5.41) is 6.02. The van der Waals surface area contributed by atoms with Gasteiger partial charge in [-0.3, -0.25) is 9.59 Å². The second-order valence-corrected chi connectivity index (χ2v) is 5.77. The average Bonchev–Trinajstić information content (AvgIpc) is 2.53. The highest BCUT2D eigenvalue weighted by molar-refractivity contribution is 6.31. The maximum absolute atomic E-state index is 12.0. The molecule has 0 bridgehead atoms. The molecule has 1 atom stereocenters. The van der Waals surface area contributed by atoms with Crippen LogP contribution in [-0.2, 0) is 4.79 Å². The van der Waals surface area contributed by atoms with Gasteiger partial charge in [-0.05, 0) is 37.6 Å². The van der Waals surface area contributed by atoms with Crippen LogP contribution in [0.4, 0.5) is 0 Å². The van der Waals surface area contributed by atoms with Crippen molar-refractivity contribution in [3.63, 3.8) is 0 Å². The van der Waals surface area contributed by atoms with E-state index in [9.17, 15) is 9.59 Å². The van der Waals surface area contributed by atoms with Crippen LogP contribution in [0.5, 0.6) is 0 Å². The van der Waals surface area contributed by atoms with Gasteiger partial charge in [-0.2, -0.15) is 0 Å². The van der Waals surface area contributed by atoms with Crippen LogP contribution in [0.15, 0.2) is 48.5 Å². The van der Waals surface area contributed by atoms with E-state index in [-0.39, 0.29) is 24.4 Å². The van der Waals surface area contributed by atoms with E-state index in [4.69, 9.17) is 11.6 Å². The molecule has 0 aromatic heterocycles. The largest absolute Gasteiger partial charge is 0.348 e. The fourth-order valence-corrected chi connectivity index (χ4v) is 2.46. The summed E-state index contributed by atoms with van der Waals surface area (Å²) < 4.78 is 0. The molecule has 2 amide bonds. The van der Waals surface area contributed by atoms with Gasteiger partial charge in [0.2, 0.25) is 5.91 Å². The summed E-state index contributed by atoms with van der Waals surface area (Å²) in [6.07, 6.45) is 0. The first-order valence-electron chi connectivity index (χ1n) is 7.36. The van der Waals surface area contributed by atoms with Gasteiger partial charge in [0.1, 0.15) is 0 Å². The van der Waals surface area contributed by atoms with Crippen molar-refractivity contribution in [2.24, 2.45) is 0 Å². The summed E-state index contributed by atoms with van der Waals surface area (Å²) in [6.45, 7) is 3.72. The van der Waals surface area contributed by atoms with Crippen LogP contribution in [0.3, 0.4) is 0 Å². The molecule has 0 spiro atoms. The molecule has 1 unspecified atom stereocenters. The summed E-state index contributed by atoms with van der Waals surface area (Å²) in [5.74, 6) is -0.538. The SMILES string of the molecule is Cc1ccc(C(=O)NCC(=O)NC(C)c2ccccc2Cl)cc1. The first kappa shape index (κ1) is 17.0. The number of carbonyl (C=O) groups is 2. The van der Waals surface area contributed by atoms with E-state index in [1.165, 1.54) is 0 Å². The number of aryl methyl sites for hydroxylation is 1. The Morgan fingerprint density at radius 3 is 2.39 bits per heavy atom. The zero-order chi connectivity index (χ0) is 16.8. The summed E-state index contributed by atoms with van der Waals surface area (Å²) >= 11 is 6.10. The smallest absolute Gasteiger partial charge is 0.251 e. The number of carbonyl (C=O) groups excluding carboxylic acids is 2. The minimum atomic E-state index is -0.273. The van der Waals surface area contributed by atoms with Crippen molar-refractivity contribution < 1.29 is 9.59 Å². The molecule has 0 aliphatic carbocycles. The molecule has 0 aliphatic heterocycles. The highest BCUT2D eigenvalue weighted by Gasteiger charge is 2.13. The monoisotopic (exact) mass is 330 g/mol. The normalized spacial score (nSPS) is 11.6. The van der Waals surface area contributed by atoms with Crippen molar-refractivity contribution in [2.75, 3.05) is 6.54 Å². The van der Waals surface area contributed by atoms with Crippen molar-refractivity contribution >= 4 is 23.4 Å². The number of rotatable bonds is 5. The molecule has 0 saturated heterocycles. The fraction of sp³-hybridized carbons (Fsp3) is 0.222. The number of halogens is 1. The Morgan fingerprint density at radius 2 is 1.74 bits per heavy atom. The van der Waals surface area contributed by atoms with Gasteiger partial charge in [0, 0.05) is 10.6 Å². The zero-order valence-corrected chi connectivity index (χ0v) is 13.9. The van der Waals surface area contributed by atoms with Crippen LogP contribution in [-0.4, -0.2) is 18.4 Å². The highest BCUT2D eigenvalue weighted by Crippen LogP contribution is 2.21. The van der Waals surface area contributed by atoms with Gasteiger partial charge in [-0.25, -0.2) is 0 Å². The maximum atomic E-state index is 12.0. The van der Waals surface area contributed by atoms with Crippen molar-refractivity contribution in [1.82, 2.24) is 10.6 Å².